The van der Waals surface area contributed by atoms with Gasteiger partial charge in [-0.05, 0) is 11.1 Å². The van der Waals surface area contributed by atoms with Gasteiger partial charge in [-0.1, -0.05) is 35.4 Å². The number of hydrogen-bond donors (Lipinski definition) is 0. The molecular weight excluding hydrogens is 155 g/mol. The van der Waals surface area contributed by atoms with Crippen molar-refractivity contribution in [3.8, 4) is 0 Å². The van der Waals surface area contributed by atoms with Crippen LogP contribution in [0.15, 0.2) is 33.4 Å². The first-order valence-electron chi connectivity index (χ1n) is 2.75. The molecule has 0 heterocycles. The van der Waals surface area contributed by atoms with Gasteiger partial charge in [0.05, 0.1) is 10.1 Å². The Morgan fingerprint density at radius 2 is 1.44 bits per heavy atom. The van der Waals surface area contributed by atoms with Gasteiger partial charge in [-0.25, -0.2) is 0 Å². The minimum absolute atomic E-state index is 0.745. The standard InChI is InChI=1S/C7H4Cl2/c8-6-4-1-2-5(3-4)7(6)9/h1-2H,3H2. The number of fused-ring (bicyclic) bond motifs is 2. The van der Waals surface area contributed by atoms with Gasteiger partial charge in [-0.3, -0.25) is 0 Å². The molecule has 0 aromatic rings. The highest BCUT2D eigenvalue weighted by Crippen LogP contribution is 2.42. The zero-order chi connectivity index (χ0) is 6.43. The Kier molecular flexibility index (Phi) is 1.02. The molecule has 0 saturated carbocycles. The summed E-state index contributed by atoms with van der Waals surface area (Å²) in [6.45, 7) is 0. The van der Waals surface area contributed by atoms with Gasteiger partial charge in [0.25, 0.3) is 0 Å². The van der Waals surface area contributed by atoms with Crippen molar-refractivity contribution >= 4 is 23.2 Å². The second-order valence-corrected chi connectivity index (χ2v) is 2.94. The average molecular weight is 159 g/mol. The van der Waals surface area contributed by atoms with Crippen molar-refractivity contribution in [2.45, 2.75) is 6.42 Å². The molecule has 0 atom stereocenters. The van der Waals surface area contributed by atoms with Crippen LogP contribution in [-0.4, -0.2) is 0 Å². The molecular formula is C7H4Cl2. The third-order valence-electron chi connectivity index (χ3n) is 1.62. The maximum absolute atomic E-state index is 5.80. The molecule has 0 spiro atoms. The molecule has 0 fully saturated rings. The van der Waals surface area contributed by atoms with E-state index in [4.69, 9.17) is 23.2 Å². The fourth-order valence-electron chi connectivity index (χ4n) is 1.11. The largest absolute Gasteiger partial charge is 0.0824 e. The summed E-state index contributed by atoms with van der Waals surface area (Å²) in [5.74, 6) is 0. The Labute approximate surface area is 63.5 Å². The molecule has 0 radical (unpaired) electrons. The van der Waals surface area contributed by atoms with Crippen LogP contribution in [0.3, 0.4) is 0 Å². The van der Waals surface area contributed by atoms with Crippen LogP contribution in [0.5, 0.6) is 0 Å². The van der Waals surface area contributed by atoms with E-state index in [0.717, 1.165) is 27.6 Å². The lowest BCUT2D eigenvalue weighted by molar-refractivity contribution is 1.32. The quantitative estimate of drug-likeness (QED) is 0.509. The number of allylic oxidation sites excluding steroid dienone is 6. The van der Waals surface area contributed by atoms with Crippen LogP contribution in [0.1, 0.15) is 6.42 Å². The summed E-state index contributed by atoms with van der Waals surface area (Å²) < 4.78 is 0. The number of rotatable bonds is 0. The molecule has 0 nitrogen and oxygen atoms in total. The Bertz CT molecular complexity index is 230. The van der Waals surface area contributed by atoms with E-state index in [1.54, 1.807) is 0 Å². The van der Waals surface area contributed by atoms with Crippen LogP contribution in [0.2, 0.25) is 0 Å². The van der Waals surface area contributed by atoms with E-state index in [1.165, 1.54) is 0 Å². The van der Waals surface area contributed by atoms with E-state index in [0.29, 0.717) is 0 Å². The molecule has 0 amide bonds. The van der Waals surface area contributed by atoms with E-state index in [9.17, 15) is 0 Å². The Morgan fingerprint density at radius 3 is 1.67 bits per heavy atom. The third-order valence-corrected chi connectivity index (χ3v) is 2.58. The highest BCUT2D eigenvalue weighted by Gasteiger charge is 2.22. The predicted molar refractivity (Wildman–Crippen MR) is 39.5 cm³/mol. The smallest absolute Gasteiger partial charge is 0.0630 e. The lowest BCUT2D eigenvalue weighted by Crippen LogP contribution is -1.73. The highest BCUT2D eigenvalue weighted by molar-refractivity contribution is 6.45. The normalized spacial score (nSPS) is 22.9. The van der Waals surface area contributed by atoms with Gasteiger partial charge in [-0.2, -0.15) is 0 Å². The fraction of sp³-hybridized carbons (Fsp3) is 0.143. The van der Waals surface area contributed by atoms with Gasteiger partial charge < -0.3 is 0 Å². The van der Waals surface area contributed by atoms with Crippen molar-refractivity contribution in [3.63, 3.8) is 0 Å². The van der Waals surface area contributed by atoms with Crippen molar-refractivity contribution in [1.82, 2.24) is 0 Å². The number of hydrogen-bond acceptors (Lipinski definition) is 0. The van der Waals surface area contributed by atoms with Gasteiger partial charge in [0, 0.05) is 6.42 Å². The molecule has 0 N–H and O–H groups in total. The van der Waals surface area contributed by atoms with E-state index < -0.39 is 0 Å². The topological polar surface area (TPSA) is 0 Å². The lowest BCUT2D eigenvalue weighted by Gasteiger charge is -1.94. The first kappa shape index (κ1) is 5.57. The van der Waals surface area contributed by atoms with Gasteiger partial charge in [-0.15, -0.1) is 0 Å². The lowest BCUT2D eigenvalue weighted by atomic mass is 10.3. The summed E-state index contributed by atoms with van der Waals surface area (Å²) in [5.41, 5.74) is 2.33. The van der Waals surface area contributed by atoms with Crippen molar-refractivity contribution in [2.24, 2.45) is 0 Å². The highest BCUT2D eigenvalue weighted by atomic mass is 35.5. The summed E-state index contributed by atoms with van der Waals surface area (Å²) in [5, 5.41) is 1.49. The molecule has 0 aromatic heterocycles. The Hall–Kier alpha value is -0.200. The fourth-order valence-corrected chi connectivity index (χ4v) is 1.61. The van der Waals surface area contributed by atoms with Gasteiger partial charge in [0.15, 0.2) is 0 Å². The summed E-state index contributed by atoms with van der Waals surface area (Å²) in [6, 6.07) is 0. The molecule has 0 aliphatic heterocycles. The minimum atomic E-state index is 0.745. The van der Waals surface area contributed by atoms with Crippen LogP contribution in [0.4, 0.5) is 0 Å². The molecule has 0 unspecified atom stereocenters. The Morgan fingerprint density at radius 1 is 1.00 bits per heavy atom. The zero-order valence-electron chi connectivity index (χ0n) is 4.62. The van der Waals surface area contributed by atoms with E-state index in [2.05, 4.69) is 0 Å². The van der Waals surface area contributed by atoms with Crippen LogP contribution < -0.4 is 0 Å². The molecule has 2 rings (SSSR count). The third kappa shape index (κ3) is 0.606. The summed E-state index contributed by atoms with van der Waals surface area (Å²) >= 11 is 11.6. The van der Waals surface area contributed by atoms with Crippen molar-refractivity contribution in [1.29, 1.82) is 0 Å². The van der Waals surface area contributed by atoms with Gasteiger partial charge >= 0.3 is 0 Å². The Balaban J connectivity index is 2.66. The molecule has 46 valence electrons. The molecule has 0 aromatic carbocycles. The molecule has 2 heteroatoms. The molecule has 0 saturated heterocycles. The maximum Gasteiger partial charge on any atom is 0.0630 e. The second kappa shape index (κ2) is 1.65. The monoisotopic (exact) mass is 158 g/mol. The van der Waals surface area contributed by atoms with E-state index in [-0.39, 0.29) is 0 Å². The number of halogens is 2. The van der Waals surface area contributed by atoms with Crippen molar-refractivity contribution in [2.75, 3.05) is 0 Å². The molecule has 2 bridgehead atoms. The summed E-state index contributed by atoms with van der Waals surface area (Å²) in [7, 11) is 0. The summed E-state index contributed by atoms with van der Waals surface area (Å²) in [4.78, 5) is 0. The van der Waals surface area contributed by atoms with Gasteiger partial charge in [0.2, 0.25) is 0 Å². The van der Waals surface area contributed by atoms with E-state index >= 15 is 0 Å². The first-order chi connectivity index (χ1) is 4.29. The van der Waals surface area contributed by atoms with Crippen LogP contribution >= 0.6 is 23.2 Å². The van der Waals surface area contributed by atoms with Crippen molar-refractivity contribution in [3.05, 3.63) is 33.4 Å². The predicted octanol–water partition coefficient (Wildman–Crippen LogP) is 2.95. The van der Waals surface area contributed by atoms with Crippen LogP contribution in [0, 0.1) is 0 Å². The zero-order valence-corrected chi connectivity index (χ0v) is 6.13. The minimum Gasteiger partial charge on any atom is -0.0824 e. The molecule has 2 aliphatic rings. The SMILES string of the molecule is ClC1=C2C=CC(=C1Cl)C2. The first-order valence-corrected chi connectivity index (χ1v) is 3.50. The van der Waals surface area contributed by atoms with E-state index in [1.807, 2.05) is 12.2 Å². The summed E-state index contributed by atoms with van der Waals surface area (Å²) in [6.07, 6.45) is 4.98. The molecule has 9 heavy (non-hydrogen) atoms. The van der Waals surface area contributed by atoms with Crippen LogP contribution in [-0.2, 0) is 0 Å². The maximum atomic E-state index is 5.80. The van der Waals surface area contributed by atoms with Crippen LogP contribution in [0.25, 0.3) is 0 Å². The second-order valence-electron chi connectivity index (χ2n) is 2.19. The molecule has 2 aliphatic carbocycles. The average Bonchev–Trinajstić information content (AvgIpc) is 2.37. The van der Waals surface area contributed by atoms with Crippen molar-refractivity contribution < 1.29 is 0 Å². The van der Waals surface area contributed by atoms with Gasteiger partial charge in [0.1, 0.15) is 0 Å².